The quantitative estimate of drug-likeness (QED) is 0.765. The number of hydrogen-bond donors (Lipinski definition) is 0. The van der Waals surface area contributed by atoms with Crippen LogP contribution in [0.15, 0.2) is 24.4 Å². The molecule has 20 heavy (non-hydrogen) atoms. The molecule has 9 heteroatoms. The van der Waals surface area contributed by atoms with Crippen LogP contribution in [0.3, 0.4) is 0 Å². The molecule has 2 rings (SSSR count). The van der Waals surface area contributed by atoms with Crippen LogP contribution in [-0.4, -0.2) is 39.7 Å². The van der Waals surface area contributed by atoms with E-state index in [1.165, 1.54) is 30.1 Å². The minimum atomic E-state index is -2.94. The molecule has 0 saturated heterocycles. The van der Waals surface area contributed by atoms with Gasteiger partial charge in [-0.25, -0.2) is 14.5 Å². The second-order valence-corrected chi connectivity index (χ2v) is 3.64. The van der Waals surface area contributed by atoms with Gasteiger partial charge in [0.05, 0.1) is 25.5 Å². The van der Waals surface area contributed by atoms with Crippen molar-refractivity contribution in [3.63, 3.8) is 0 Å². The Balaban J connectivity index is 2.09. The van der Waals surface area contributed by atoms with Gasteiger partial charge in [0.25, 0.3) is 0 Å². The number of alkyl halides is 2. The van der Waals surface area contributed by atoms with Gasteiger partial charge < -0.3 is 9.47 Å². The van der Waals surface area contributed by atoms with E-state index in [0.29, 0.717) is 5.69 Å². The molecule has 0 atom stereocenters. The topological polar surface area (TPSA) is 79.1 Å². The zero-order chi connectivity index (χ0) is 14.5. The van der Waals surface area contributed by atoms with Gasteiger partial charge in [-0.05, 0) is 6.07 Å². The zero-order valence-corrected chi connectivity index (χ0v) is 10.4. The lowest BCUT2D eigenvalue weighted by Gasteiger charge is -2.05. The van der Waals surface area contributed by atoms with Crippen molar-refractivity contribution in [3.8, 4) is 5.88 Å². The lowest BCUT2D eigenvalue weighted by molar-refractivity contribution is -0.0529. The molecule has 0 aliphatic carbocycles. The first-order valence-corrected chi connectivity index (χ1v) is 5.47. The third kappa shape index (κ3) is 3.46. The number of ether oxygens (including phenoxy) is 2. The van der Waals surface area contributed by atoms with Crippen LogP contribution >= 0.6 is 0 Å². The van der Waals surface area contributed by atoms with E-state index in [1.54, 1.807) is 6.07 Å². The molecule has 0 bridgehead atoms. The van der Waals surface area contributed by atoms with Gasteiger partial charge in [0.15, 0.2) is 5.69 Å². The van der Waals surface area contributed by atoms with Crippen molar-refractivity contribution < 1.29 is 23.0 Å². The predicted octanol–water partition coefficient (Wildman–Crippen LogP) is 1.11. The number of pyridine rings is 1. The third-order valence-electron chi connectivity index (χ3n) is 2.25. The summed E-state index contributed by atoms with van der Waals surface area (Å²) >= 11 is 0. The number of carbonyl (C=O) groups is 1. The molecule has 0 N–H and O–H groups in total. The number of carbonyl (C=O) groups excluding carboxylic acids is 1. The smallest absolute Gasteiger partial charge is 0.388 e. The van der Waals surface area contributed by atoms with Crippen LogP contribution in [0.25, 0.3) is 0 Å². The lowest BCUT2D eigenvalue weighted by atomic mass is 10.3. The maximum atomic E-state index is 12.1. The van der Waals surface area contributed by atoms with Gasteiger partial charge in [-0.1, -0.05) is 11.3 Å². The Bertz CT molecular complexity index is 603. The highest BCUT2D eigenvalue weighted by Gasteiger charge is 2.11. The highest BCUT2D eigenvalue weighted by atomic mass is 19.3. The standard InChI is InChI=1S/C11H10F2N4O3/c1-19-10(18)8-6-17(16-15-8)5-7-3-2-4-9(14-7)20-11(12)13/h2-4,6,11H,5H2,1H3. The maximum Gasteiger partial charge on any atom is 0.388 e. The molecule has 2 heterocycles. The number of hydrogen-bond acceptors (Lipinski definition) is 6. The number of aromatic nitrogens is 4. The van der Waals surface area contributed by atoms with Crippen molar-refractivity contribution in [1.82, 2.24) is 20.0 Å². The maximum absolute atomic E-state index is 12.1. The molecule has 0 unspecified atom stereocenters. The molecule has 2 aromatic rings. The summed E-state index contributed by atoms with van der Waals surface area (Å²) in [6.45, 7) is -2.78. The van der Waals surface area contributed by atoms with Crippen molar-refractivity contribution in [2.24, 2.45) is 0 Å². The molecule has 0 aliphatic heterocycles. The average molecular weight is 284 g/mol. The third-order valence-corrected chi connectivity index (χ3v) is 2.25. The summed E-state index contributed by atoms with van der Waals surface area (Å²) in [5, 5.41) is 7.32. The van der Waals surface area contributed by atoms with E-state index in [2.05, 4.69) is 24.8 Å². The fraction of sp³-hybridized carbons (Fsp3) is 0.273. The number of halogens is 2. The van der Waals surface area contributed by atoms with Crippen molar-refractivity contribution in [2.75, 3.05) is 7.11 Å². The summed E-state index contributed by atoms with van der Waals surface area (Å²) in [4.78, 5) is 15.1. The summed E-state index contributed by atoms with van der Waals surface area (Å²) in [7, 11) is 1.23. The van der Waals surface area contributed by atoms with E-state index in [9.17, 15) is 13.6 Å². The molecule has 106 valence electrons. The van der Waals surface area contributed by atoms with Gasteiger partial charge in [0.2, 0.25) is 5.88 Å². The highest BCUT2D eigenvalue weighted by Crippen LogP contribution is 2.11. The number of esters is 1. The van der Waals surface area contributed by atoms with Crippen molar-refractivity contribution in [2.45, 2.75) is 13.2 Å². The second kappa shape index (κ2) is 6.04. The normalized spacial score (nSPS) is 10.6. The first-order valence-electron chi connectivity index (χ1n) is 5.47. The van der Waals surface area contributed by atoms with E-state index in [0.717, 1.165) is 0 Å². The highest BCUT2D eigenvalue weighted by molar-refractivity contribution is 5.86. The van der Waals surface area contributed by atoms with Crippen LogP contribution in [0.2, 0.25) is 0 Å². The molecular formula is C11H10F2N4O3. The Kier molecular flexibility index (Phi) is 4.18. The Morgan fingerprint density at radius 3 is 2.95 bits per heavy atom. The van der Waals surface area contributed by atoms with Crippen LogP contribution in [-0.2, 0) is 11.3 Å². The molecule has 0 fully saturated rings. The lowest BCUT2D eigenvalue weighted by Crippen LogP contribution is -2.07. The minimum Gasteiger partial charge on any atom is -0.464 e. The van der Waals surface area contributed by atoms with E-state index in [4.69, 9.17) is 0 Å². The molecular weight excluding hydrogens is 274 g/mol. The second-order valence-electron chi connectivity index (χ2n) is 3.64. The molecule has 7 nitrogen and oxygen atoms in total. The van der Waals surface area contributed by atoms with E-state index in [1.807, 2.05) is 0 Å². The fourth-order valence-electron chi connectivity index (χ4n) is 1.44. The van der Waals surface area contributed by atoms with Crippen LogP contribution < -0.4 is 4.74 Å². The summed E-state index contributed by atoms with van der Waals surface area (Å²) in [5.74, 6) is -0.801. The number of methoxy groups -OCH3 is 1. The van der Waals surface area contributed by atoms with Gasteiger partial charge in [-0.3, -0.25) is 0 Å². The Morgan fingerprint density at radius 2 is 2.25 bits per heavy atom. The number of nitrogens with zero attached hydrogens (tertiary/aromatic N) is 4. The molecule has 2 aromatic heterocycles. The predicted molar refractivity (Wildman–Crippen MR) is 61.3 cm³/mol. The SMILES string of the molecule is COC(=O)c1cn(Cc2cccc(OC(F)F)n2)nn1. The van der Waals surface area contributed by atoms with E-state index in [-0.39, 0.29) is 18.1 Å². The van der Waals surface area contributed by atoms with Crippen molar-refractivity contribution >= 4 is 5.97 Å². The van der Waals surface area contributed by atoms with Gasteiger partial charge in [-0.15, -0.1) is 5.10 Å². The van der Waals surface area contributed by atoms with Crippen LogP contribution in [0, 0.1) is 0 Å². The van der Waals surface area contributed by atoms with E-state index >= 15 is 0 Å². The summed E-state index contributed by atoms with van der Waals surface area (Å²) < 4.78 is 34.2. The molecule has 0 aromatic carbocycles. The Hall–Kier alpha value is -2.58. The van der Waals surface area contributed by atoms with Crippen molar-refractivity contribution in [3.05, 3.63) is 35.8 Å². The fourth-order valence-corrected chi connectivity index (χ4v) is 1.44. The summed E-state index contributed by atoms with van der Waals surface area (Å²) in [6.07, 6.45) is 1.37. The first kappa shape index (κ1) is 13.8. The average Bonchev–Trinajstić information content (AvgIpc) is 2.86. The molecule has 0 amide bonds. The molecule has 0 aliphatic rings. The monoisotopic (exact) mass is 284 g/mol. The van der Waals surface area contributed by atoms with Crippen molar-refractivity contribution in [1.29, 1.82) is 0 Å². The first-order chi connectivity index (χ1) is 9.58. The largest absolute Gasteiger partial charge is 0.464 e. The van der Waals surface area contributed by atoms with Crippen LogP contribution in [0.1, 0.15) is 16.2 Å². The molecule has 0 spiro atoms. The van der Waals surface area contributed by atoms with Gasteiger partial charge in [-0.2, -0.15) is 8.78 Å². The minimum absolute atomic E-state index is 0.0486. The molecule has 0 radical (unpaired) electrons. The van der Waals surface area contributed by atoms with Crippen LogP contribution in [0.5, 0.6) is 5.88 Å². The summed E-state index contributed by atoms with van der Waals surface area (Å²) in [6, 6.07) is 4.45. The van der Waals surface area contributed by atoms with Gasteiger partial charge in [0, 0.05) is 6.07 Å². The summed E-state index contributed by atoms with van der Waals surface area (Å²) in [5.41, 5.74) is 0.483. The Labute approximate surface area is 112 Å². The Morgan fingerprint density at radius 1 is 1.45 bits per heavy atom. The van der Waals surface area contributed by atoms with E-state index < -0.39 is 12.6 Å². The van der Waals surface area contributed by atoms with Gasteiger partial charge in [0.1, 0.15) is 0 Å². The van der Waals surface area contributed by atoms with Gasteiger partial charge >= 0.3 is 12.6 Å². The zero-order valence-electron chi connectivity index (χ0n) is 10.4. The van der Waals surface area contributed by atoms with Crippen LogP contribution in [0.4, 0.5) is 8.78 Å². The molecule has 0 saturated carbocycles. The number of rotatable bonds is 5.